The largest absolute Gasteiger partial charge is 0.480 e. The molecule has 0 aliphatic rings. The second-order valence-electron chi connectivity index (χ2n) is 6.07. The van der Waals surface area contributed by atoms with Crippen molar-refractivity contribution in [2.45, 2.75) is 17.4 Å². The molecule has 10 nitrogen and oxygen atoms in total. The lowest BCUT2D eigenvalue weighted by molar-refractivity contribution is -0.138. The summed E-state index contributed by atoms with van der Waals surface area (Å²) in [4.78, 5) is 13.7. The standard InChI is InChI=1S/C11H12N2O2.C7H10N4O2S/c12-9(11(14)15)5-7-6-13-10-4-2-1-3-8(7)10;8-5-1-3-6(4-2-5)14(12,13)11-7(9)10/h1-4,6,9,13H,5,12H2,(H,14,15);1-4H,8H2,(H4,9,10,11). The van der Waals surface area contributed by atoms with Gasteiger partial charge in [0.2, 0.25) is 5.96 Å². The summed E-state index contributed by atoms with van der Waals surface area (Å²) in [6, 6.07) is 12.5. The number of carboxylic acid groups (broad SMARTS) is 1. The van der Waals surface area contributed by atoms with Gasteiger partial charge >= 0.3 is 5.97 Å². The van der Waals surface area contributed by atoms with Crippen LogP contribution in [0.4, 0.5) is 5.69 Å². The highest BCUT2D eigenvalue weighted by molar-refractivity contribution is 7.90. The van der Waals surface area contributed by atoms with E-state index in [2.05, 4.69) is 9.38 Å². The molecule has 2 aromatic carbocycles. The number of anilines is 1. The second-order valence-corrected chi connectivity index (χ2v) is 7.67. The number of rotatable bonds is 5. The number of H-pyrrole nitrogens is 1. The number of fused-ring (bicyclic) bond motifs is 1. The number of nitrogens with two attached hydrogens (primary N) is 4. The van der Waals surface area contributed by atoms with E-state index in [1.807, 2.05) is 30.5 Å². The number of aliphatic carboxylic acids is 1. The molecule has 10 N–H and O–H groups in total. The number of guanidine groups is 1. The van der Waals surface area contributed by atoms with Gasteiger partial charge in [-0.05, 0) is 35.9 Å². The van der Waals surface area contributed by atoms with Crippen molar-refractivity contribution in [2.24, 2.45) is 21.6 Å². The second kappa shape index (κ2) is 9.08. The average Bonchev–Trinajstić information content (AvgIpc) is 3.04. The van der Waals surface area contributed by atoms with Crippen LogP contribution in [-0.4, -0.2) is 36.5 Å². The first-order valence-corrected chi connectivity index (χ1v) is 9.79. The van der Waals surface area contributed by atoms with Crippen LogP contribution in [0.5, 0.6) is 0 Å². The number of aromatic nitrogens is 1. The molecule has 0 fully saturated rings. The van der Waals surface area contributed by atoms with Gasteiger partial charge in [0.25, 0.3) is 10.0 Å². The Kier molecular flexibility index (Phi) is 6.80. The van der Waals surface area contributed by atoms with Gasteiger partial charge in [0, 0.05) is 29.2 Å². The number of carboxylic acids is 1. The number of carbonyl (C=O) groups is 1. The Balaban J connectivity index is 0.000000208. The van der Waals surface area contributed by atoms with Crippen LogP contribution in [0.1, 0.15) is 5.56 Å². The minimum absolute atomic E-state index is 0.0000926. The maximum absolute atomic E-state index is 11.4. The van der Waals surface area contributed by atoms with Crippen molar-refractivity contribution >= 4 is 38.5 Å². The van der Waals surface area contributed by atoms with E-state index in [0.29, 0.717) is 12.1 Å². The lowest BCUT2D eigenvalue weighted by atomic mass is 10.1. The Bertz CT molecular complexity index is 1120. The third kappa shape index (κ3) is 5.96. The van der Waals surface area contributed by atoms with E-state index in [9.17, 15) is 13.2 Å². The summed E-state index contributed by atoms with van der Waals surface area (Å²) in [6.07, 6.45) is 2.16. The monoisotopic (exact) mass is 418 g/mol. The quantitative estimate of drug-likeness (QED) is 0.193. The molecule has 0 aliphatic heterocycles. The highest BCUT2D eigenvalue weighted by Crippen LogP contribution is 2.18. The first kappa shape index (κ1) is 21.7. The fourth-order valence-corrected chi connectivity index (χ4v) is 3.32. The fraction of sp³-hybridized carbons (Fsp3) is 0.111. The summed E-state index contributed by atoms with van der Waals surface area (Å²) in [6.45, 7) is 0. The number of sulfonamides is 1. The van der Waals surface area contributed by atoms with Crippen molar-refractivity contribution in [3.8, 4) is 0 Å². The molecule has 0 spiro atoms. The van der Waals surface area contributed by atoms with E-state index >= 15 is 0 Å². The predicted octanol–water partition coefficient (Wildman–Crippen LogP) is 0.353. The number of para-hydroxylation sites is 1. The first-order valence-electron chi connectivity index (χ1n) is 8.35. The van der Waals surface area contributed by atoms with E-state index < -0.39 is 28.0 Å². The molecule has 1 aromatic heterocycles. The van der Waals surface area contributed by atoms with Crippen LogP contribution in [0.2, 0.25) is 0 Å². The van der Waals surface area contributed by atoms with Crippen LogP contribution >= 0.6 is 0 Å². The summed E-state index contributed by atoms with van der Waals surface area (Å²) < 4.78 is 25.8. The molecule has 1 heterocycles. The van der Waals surface area contributed by atoms with E-state index in [4.69, 9.17) is 28.0 Å². The van der Waals surface area contributed by atoms with Crippen molar-refractivity contribution in [1.82, 2.24) is 4.98 Å². The average molecular weight is 418 g/mol. The van der Waals surface area contributed by atoms with Crippen LogP contribution in [-0.2, 0) is 21.2 Å². The smallest absolute Gasteiger partial charge is 0.320 e. The highest BCUT2D eigenvalue weighted by Gasteiger charge is 2.14. The molecule has 0 aliphatic carbocycles. The molecule has 29 heavy (non-hydrogen) atoms. The lowest BCUT2D eigenvalue weighted by Crippen LogP contribution is -2.32. The van der Waals surface area contributed by atoms with Gasteiger partial charge in [-0.15, -0.1) is 4.40 Å². The topological polar surface area (TPSA) is 204 Å². The Morgan fingerprint density at radius 3 is 2.31 bits per heavy atom. The van der Waals surface area contributed by atoms with E-state index in [-0.39, 0.29) is 4.90 Å². The first-order chi connectivity index (χ1) is 13.6. The minimum Gasteiger partial charge on any atom is -0.480 e. The van der Waals surface area contributed by atoms with Crippen LogP contribution in [0.15, 0.2) is 64.0 Å². The van der Waals surface area contributed by atoms with E-state index in [1.165, 1.54) is 24.3 Å². The van der Waals surface area contributed by atoms with Gasteiger partial charge in [-0.25, -0.2) is 0 Å². The van der Waals surface area contributed by atoms with Gasteiger partial charge in [-0.1, -0.05) is 18.2 Å². The normalized spacial score (nSPS) is 11.9. The molecule has 0 radical (unpaired) electrons. The fourth-order valence-electron chi connectivity index (χ4n) is 2.46. The molecule has 11 heteroatoms. The predicted molar refractivity (Wildman–Crippen MR) is 111 cm³/mol. The summed E-state index contributed by atoms with van der Waals surface area (Å²) in [7, 11) is -3.79. The lowest BCUT2D eigenvalue weighted by Gasteiger charge is -2.04. The van der Waals surface area contributed by atoms with Gasteiger partial charge in [0.15, 0.2) is 0 Å². The third-order valence-corrected chi connectivity index (χ3v) is 5.15. The molecule has 0 amide bonds. The minimum atomic E-state index is -3.79. The zero-order valence-electron chi connectivity index (χ0n) is 15.3. The maximum atomic E-state index is 11.4. The SMILES string of the molecule is NC(Cc1c[nH]c2ccccc12)C(=O)O.NC(N)=NS(=O)(=O)c1ccc(N)cc1. The van der Waals surface area contributed by atoms with Crippen molar-refractivity contribution in [2.75, 3.05) is 5.73 Å². The number of hydrogen-bond donors (Lipinski definition) is 6. The molecule has 1 unspecified atom stereocenters. The summed E-state index contributed by atoms with van der Waals surface area (Å²) in [5.41, 5.74) is 23.2. The summed E-state index contributed by atoms with van der Waals surface area (Å²) in [5.74, 6) is -1.47. The van der Waals surface area contributed by atoms with Crippen molar-refractivity contribution < 1.29 is 18.3 Å². The number of aromatic amines is 1. The van der Waals surface area contributed by atoms with Crippen LogP contribution in [0.3, 0.4) is 0 Å². The van der Waals surface area contributed by atoms with Crippen molar-refractivity contribution in [1.29, 1.82) is 0 Å². The zero-order valence-corrected chi connectivity index (χ0v) is 16.1. The van der Waals surface area contributed by atoms with Gasteiger partial charge in [-0.3, -0.25) is 4.79 Å². The molecule has 3 aromatic rings. The molecule has 3 rings (SSSR count). The highest BCUT2D eigenvalue weighted by atomic mass is 32.2. The Morgan fingerprint density at radius 2 is 1.72 bits per heavy atom. The number of nitrogens with zero attached hydrogens (tertiary/aromatic N) is 1. The van der Waals surface area contributed by atoms with Gasteiger partial charge in [-0.2, -0.15) is 8.42 Å². The van der Waals surface area contributed by atoms with Crippen LogP contribution < -0.4 is 22.9 Å². The summed E-state index contributed by atoms with van der Waals surface area (Å²) >= 11 is 0. The number of hydrogen-bond acceptors (Lipinski definition) is 5. The van der Waals surface area contributed by atoms with Gasteiger partial charge in [0.1, 0.15) is 6.04 Å². The van der Waals surface area contributed by atoms with Gasteiger partial charge in [0.05, 0.1) is 4.90 Å². The third-order valence-electron chi connectivity index (χ3n) is 3.84. The molecule has 0 saturated carbocycles. The number of nitrogens with one attached hydrogen (secondary N) is 1. The zero-order chi connectivity index (χ0) is 21.6. The van der Waals surface area contributed by atoms with Crippen molar-refractivity contribution in [3.63, 3.8) is 0 Å². The van der Waals surface area contributed by atoms with Gasteiger partial charge < -0.3 is 33.0 Å². The maximum Gasteiger partial charge on any atom is 0.320 e. The van der Waals surface area contributed by atoms with Crippen molar-refractivity contribution in [3.05, 3.63) is 60.3 Å². The molecular formula is C18H22N6O4S. The van der Waals surface area contributed by atoms with E-state index in [0.717, 1.165) is 16.5 Å². The molecule has 154 valence electrons. The molecular weight excluding hydrogens is 396 g/mol. The Labute approximate surface area is 167 Å². The molecule has 0 saturated heterocycles. The Hall–Kier alpha value is -3.57. The van der Waals surface area contributed by atoms with E-state index in [1.54, 1.807) is 0 Å². The Morgan fingerprint density at radius 1 is 1.10 bits per heavy atom. The van der Waals surface area contributed by atoms with Crippen LogP contribution in [0.25, 0.3) is 10.9 Å². The summed E-state index contributed by atoms with van der Waals surface area (Å²) in [5, 5.41) is 9.75. The number of benzene rings is 2. The number of nitrogen functional groups attached to an aromatic ring is 1. The van der Waals surface area contributed by atoms with Crippen LogP contribution in [0, 0.1) is 0 Å². The molecule has 1 atom stereocenters. The molecule has 0 bridgehead atoms.